The molecular weight excluding hydrogens is 249 g/mol. The van der Waals surface area contributed by atoms with E-state index in [9.17, 15) is 9.18 Å². The molecular formula is C14H14FNOS. The van der Waals surface area contributed by atoms with Crippen molar-refractivity contribution in [2.24, 2.45) is 0 Å². The van der Waals surface area contributed by atoms with Crippen LogP contribution in [0.25, 0.3) is 0 Å². The van der Waals surface area contributed by atoms with E-state index in [4.69, 9.17) is 0 Å². The highest BCUT2D eigenvalue weighted by Crippen LogP contribution is 2.10. The van der Waals surface area contributed by atoms with Crippen LogP contribution >= 0.6 is 11.3 Å². The molecule has 94 valence electrons. The summed E-state index contributed by atoms with van der Waals surface area (Å²) in [6.45, 7) is 2.08. The van der Waals surface area contributed by atoms with Gasteiger partial charge in [-0.15, -0.1) is 11.3 Å². The lowest BCUT2D eigenvalue weighted by atomic mass is 10.1. The van der Waals surface area contributed by atoms with Crippen LogP contribution in [0, 0.1) is 12.7 Å². The number of rotatable bonds is 4. The zero-order chi connectivity index (χ0) is 13.0. The number of hydrogen-bond acceptors (Lipinski definition) is 2. The standard InChI is InChI=1S/C14H14FNOS/c1-10-4-5-11(7-13(10)15)9-16-14(17)8-12-3-2-6-18-12/h2-7H,8-9H2,1H3,(H,16,17). The Morgan fingerprint density at radius 2 is 2.22 bits per heavy atom. The first-order chi connectivity index (χ1) is 8.65. The van der Waals surface area contributed by atoms with E-state index in [1.807, 2.05) is 23.6 Å². The van der Waals surface area contributed by atoms with Gasteiger partial charge in [-0.2, -0.15) is 0 Å². The van der Waals surface area contributed by atoms with Crippen molar-refractivity contribution in [1.82, 2.24) is 5.32 Å². The van der Waals surface area contributed by atoms with E-state index in [1.54, 1.807) is 24.3 Å². The molecule has 0 saturated carbocycles. The van der Waals surface area contributed by atoms with Crippen molar-refractivity contribution in [1.29, 1.82) is 0 Å². The van der Waals surface area contributed by atoms with E-state index in [-0.39, 0.29) is 11.7 Å². The molecule has 2 aromatic rings. The summed E-state index contributed by atoms with van der Waals surface area (Å²) in [5, 5.41) is 4.73. The van der Waals surface area contributed by atoms with Gasteiger partial charge < -0.3 is 5.32 Å². The Kier molecular flexibility index (Phi) is 4.10. The third kappa shape index (κ3) is 3.40. The van der Waals surface area contributed by atoms with E-state index >= 15 is 0 Å². The Labute approximate surface area is 109 Å². The number of halogens is 1. The molecule has 1 aromatic carbocycles. The predicted molar refractivity (Wildman–Crippen MR) is 71.0 cm³/mol. The SMILES string of the molecule is Cc1ccc(CNC(=O)Cc2cccs2)cc1F. The Morgan fingerprint density at radius 1 is 1.39 bits per heavy atom. The van der Waals surface area contributed by atoms with Gasteiger partial charge in [0, 0.05) is 11.4 Å². The normalized spacial score (nSPS) is 10.3. The monoisotopic (exact) mass is 263 g/mol. The Hall–Kier alpha value is -1.68. The van der Waals surface area contributed by atoms with Crippen molar-refractivity contribution in [2.75, 3.05) is 0 Å². The first-order valence-corrected chi connectivity index (χ1v) is 6.57. The number of aryl methyl sites for hydroxylation is 1. The molecule has 1 amide bonds. The van der Waals surface area contributed by atoms with Crippen LogP contribution in [0.5, 0.6) is 0 Å². The molecule has 4 heteroatoms. The highest BCUT2D eigenvalue weighted by Gasteiger charge is 2.05. The van der Waals surface area contributed by atoms with E-state index in [2.05, 4.69) is 5.32 Å². The minimum atomic E-state index is -0.236. The van der Waals surface area contributed by atoms with Crippen LogP contribution in [0.1, 0.15) is 16.0 Å². The van der Waals surface area contributed by atoms with Crippen LogP contribution in [-0.4, -0.2) is 5.91 Å². The smallest absolute Gasteiger partial charge is 0.225 e. The molecule has 0 aliphatic carbocycles. The van der Waals surface area contributed by atoms with Gasteiger partial charge in [0.25, 0.3) is 0 Å². The average molecular weight is 263 g/mol. The molecule has 0 radical (unpaired) electrons. The van der Waals surface area contributed by atoms with Gasteiger partial charge in [-0.05, 0) is 35.6 Å². The number of nitrogens with one attached hydrogen (secondary N) is 1. The Bertz CT molecular complexity index is 537. The van der Waals surface area contributed by atoms with Gasteiger partial charge in [-0.25, -0.2) is 4.39 Å². The number of amides is 1. The van der Waals surface area contributed by atoms with Gasteiger partial charge in [0.1, 0.15) is 5.82 Å². The third-order valence-electron chi connectivity index (χ3n) is 2.64. The van der Waals surface area contributed by atoms with Gasteiger partial charge in [0.05, 0.1) is 6.42 Å². The van der Waals surface area contributed by atoms with Crippen LogP contribution in [-0.2, 0) is 17.8 Å². The molecule has 1 N–H and O–H groups in total. The van der Waals surface area contributed by atoms with E-state index in [0.717, 1.165) is 10.4 Å². The van der Waals surface area contributed by atoms with Crippen LogP contribution < -0.4 is 5.32 Å². The lowest BCUT2D eigenvalue weighted by Crippen LogP contribution is -2.24. The fourth-order valence-corrected chi connectivity index (χ4v) is 2.28. The summed E-state index contributed by atoms with van der Waals surface area (Å²) >= 11 is 1.56. The summed E-state index contributed by atoms with van der Waals surface area (Å²) in [5.74, 6) is -0.279. The van der Waals surface area contributed by atoms with Gasteiger partial charge in [-0.3, -0.25) is 4.79 Å². The fourth-order valence-electron chi connectivity index (χ4n) is 1.58. The van der Waals surface area contributed by atoms with E-state index in [0.29, 0.717) is 18.5 Å². The first kappa shape index (κ1) is 12.8. The summed E-state index contributed by atoms with van der Waals surface area (Å²) in [6.07, 6.45) is 0.381. The van der Waals surface area contributed by atoms with Gasteiger partial charge in [0.2, 0.25) is 5.91 Å². The molecule has 0 bridgehead atoms. The molecule has 0 unspecified atom stereocenters. The largest absolute Gasteiger partial charge is 0.352 e. The second-order valence-corrected chi connectivity index (χ2v) is 5.15. The van der Waals surface area contributed by atoms with Crippen LogP contribution in [0.2, 0.25) is 0 Å². The Morgan fingerprint density at radius 3 is 2.89 bits per heavy atom. The van der Waals surface area contributed by atoms with E-state index < -0.39 is 0 Å². The highest BCUT2D eigenvalue weighted by molar-refractivity contribution is 7.10. The molecule has 0 fully saturated rings. The maximum Gasteiger partial charge on any atom is 0.225 e. The molecule has 2 nitrogen and oxygen atoms in total. The van der Waals surface area contributed by atoms with E-state index in [1.165, 1.54) is 6.07 Å². The van der Waals surface area contributed by atoms with Gasteiger partial charge in [0.15, 0.2) is 0 Å². The van der Waals surface area contributed by atoms with Crippen molar-refractivity contribution in [3.63, 3.8) is 0 Å². The van der Waals surface area contributed by atoms with Crippen LogP contribution in [0.4, 0.5) is 4.39 Å². The summed E-state index contributed by atoms with van der Waals surface area (Å²) in [6, 6.07) is 8.85. The van der Waals surface area contributed by atoms with Crippen molar-refractivity contribution in [3.8, 4) is 0 Å². The molecule has 0 aliphatic rings. The number of carbonyl (C=O) groups excluding carboxylic acids is 1. The molecule has 18 heavy (non-hydrogen) atoms. The molecule has 0 saturated heterocycles. The second kappa shape index (κ2) is 5.78. The quantitative estimate of drug-likeness (QED) is 0.902. The van der Waals surface area contributed by atoms with Crippen molar-refractivity contribution < 1.29 is 9.18 Å². The van der Waals surface area contributed by atoms with Crippen molar-refractivity contribution >= 4 is 17.2 Å². The number of thiophene rings is 1. The second-order valence-electron chi connectivity index (χ2n) is 4.12. The lowest BCUT2D eigenvalue weighted by Gasteiger charge is -2.05. The van der Waals surface area contributed by atoms with Gasteiger partial charge in [-0.1, -0.05) is 18.2 Å². The summed E-state index contributed by atoms with van der Waals surface area (Å²) in [4.78, 5) is 12.7. The fraction of sp³-hybridized carbons (Fsp3) is 0.214. The topological polar surface area (TPSA) is 29.1 Å². The van der Waals surface area contributed by atoms with Crippen LogP contribution in [0.15, 0.2) is 35.7 Å². The Balaban J connectivity index is 1.87. The first-order valence-electron chi connectivity index (χ1n) is 5.69. The number of carbonyl (C=O) groups is 1. The zero-order valence-electron chi connectivity index (χ0n) is 10.1. The van der Waals surface area contributed by atoms with Crippen molar-refractivity contribution in [3.05, 3.63) is 57.5 Å². The maximum atomic E-state index is 13.3. The molecule has 0 atom stereocenters. The summed E-state index contributed by atoms with van der Waals surface area (Å²) in [5.41, 5.74) is 1.39. The maximum absolute atomic E-state index is 13.3. The number of hydrogen-bond donors (Lipinski definition) is 1. The summed E-state index contributed by atoms with van der Waals surface area (Å²) in [7, 11) is 0. The lowest BCUT2D eigenvalue weighted by molar-refractivity contribution is -0.120. The van der Waals surface area contributed by atoms with Crippen molar-refractivity contribution in [2.45, 2.75) is 19.9 Å². The highest BCUT2D eigenvalue weighted by atomic mass is 32.1. The average Bonchev–Trinajstić information content (AvgIpc) is 2.83. The molecule has 0 aliphatic heterocycles. The zero-order valence-corrected chi connectivity index (χ0v) is 10.9. The number of benzene rings is 1. The molecule has 0 spiro atoms. The predicted octanol–water partition coefficient (Wildman–Crippen LogP) is 3.05. The molecule has 2 rings (SSSR count). The summed E-state index contributed by atoms with van der Waals surface area (Å²) < 4.78 is 13.3. The van der Waals surface area contributed by atoms with Gasteiger partial charge >= 0.3 is 0 Å². The molecule has 1 aromatic heterocycles. The minimum Gasteiger partial charge on any atom is -0.352 e. The molecule has 1 heterocycles. The minimum absolute atomic E-state index is 0.0431. The van der Waals surface area contributed by atoms with Crippen LogP contribution in [0.3, 0.4) is 0 Å². The third-order valence-corrected chi connectivity index (χ3v) is 3.52.